The molecule has 0 saturated heterocycles. The monoisotopic (exact) mass is 541 g/mol. The van der Waals surface area contributed by atoms with Gasteiger partial charge in [0.2, 0.25) is 12.4 Å². The van der Waals surface area contributed by atoms with Crippen molar-refractivity contribution in [3.8, 4) is 11.5 Å². The minimum absolute atomic E-state index is 0.0328. The Bertz CT molecular complexity index is 1250. The highest BCUT2D eigenvalue weighted by atomic mass is 35.5. The Kier molecular flexibility index (Phi) is 11.9. The smallest absolute Gasteiger partial charge is 0.323 e. The largest absolute Gasteiger partial charge is 0.457 e. The number of carbonyl (C=O) groups is 3. The zero-order valence-electron chi connectivity index (χ0n) is 21.2. The lowest BCUT2D eigenvalue weighted by Crippen LogP contribution is -2.47. The third-order valence-electron chi connectivity index (χ3n) is 5.11. The lowest BCUT2D eigenvalue weighted by atomic mass is 10.2. The minimum atomic E-state index is -0.684. The molecule has 0 heterocycles. The number of rotatable bonds is 8. The first kappa shape index (κ1) is 29.9. The fraction of sp³-hybridized carbons (Fsp3) is 0.185. The lowest BCUT2D eigenvalue weighted by molar-refractivity contribution is -0.115. The molecule has 0 aliphatic carbocycles. The Balaban J connectivity index is 0.00000247. The number of urea groups is 1. The van der Waals surface area contributed by atoms with Crippen molar-refractivity contribution in [3.63, 3.8) is 0 Å². The standard InChI is InChI=1S/C26H24ClFN4O4.CH5N/c1-3-31(2)26(35)30-25(32(17-34)15-18-4-7-20(27)8-5-18)29-21-9-12-22(13-10-21)36-23-11-6-19(16-33)24(28)14-23;1-2/h4-14,16-17H,3,15H2,1-2H3,(H,29,30,35);2H2,1H3. The fourth-order valence-corrected chi connectivity index (χ4v) is 3.09. The van der Waals surface area contributed by atoms with Gasteiger partial charge in [0.25, 0.3) is 0 Å². The summed E-state index contributed by atoms with van der Waals surface area (Å²) in [6, 6.07) is 16.9. The SMILES string of the molecule is CCN(C)C(=O)NC(=Nc1ccc(Oc2ccc(C=O)c(F)c2)cc1)N(C=O)Cc1ccc(Cl)cc1.CN. The molecular weight excluding hydrogens is 513 g/mol. The quantitative estimate of drug-likeness (QED) is 0.237. The molecule has 0 radical (unpaired) electrons. The first-order valence-corrected chi connectivity index (χ1v) is 11.9. The number of hydrogen-bond donors (Lipinski definition) is 2. The molecule has 38 heavy (non-hydrogen) atoms. The maximum atomic E-state index is 13.8. The van der Waals surface area contributed by atoms with Crippen molar-refractivity contribution < 1.29 is 23.5 Å². The van der Waals surface area contributed by atoms with Crippen LogP contribution in [0.4, 0.5) is 14.9 Å². The molecular formula is C27H29ClFN5O4. The molecule has 3 aromatic carbocycles. The van der Waals surface area contributed by atoms with Gasteiger partial charge in [-0.2, -0.15) is 0 Å². The summed E-state index contributed by atoms with van der Waals surface area (Å²) in [5.74, 6) is -0.0295. The highest BCUT2D eigenvalue weighted by Gasteiger charge is 2.17. The molecule has 3 rings (SSSR count). The molecule has 11 heteroatoms. The lowest BCUT2D eigenvalue weighted by Gasteiger charge is -2.23. The maximum Gasteiger partial charge on any atom is 0.323 e. The summed E-state index contributed by atoms with van der Waals surface area (Å²) in [6.45, 7) is 2.43. The summed E-state index contributed by atoms with van der Waals surface area (Å²) in [5.41, 5.74) is 5.66. The molecule has 0 atom stereocenters. The predicted molar refractivity (Wildman–Crippen MR) is 145 cm³/mol. The van der Waals surface area contributed by atoms with E-state index in [2.05, 4.69) is 16.0 Å². The fourth-order valence-electron chi connectivity index (χ4n) is 2.96. The Morgan fingerprint density at radius 3 is 2.24 bits per heavy atom. The van der Waals surface area contributed by atoms with E-state index in [-0.39, 0.29) is 23.8 Å². The van der Waals surface area contributed by atoms with Gasteiger partial charge < -0.3 is 15.4 Å². The number of guanidine groups is 1. The molecule has 3 N–H and O–H groups in total. The van der Waals surface area contributed by atoms with Crippen LogP contribution in [0.1, 0.15) is 22.8 Å². The van der Waals surface area contributed by atoms with Crippen LogP contribution >= 0.6 is 11.6 Å². The summed E-state index contributed by atoms with van der Waals surface area (Å²) in [5, 5.41) is 3.24. The normalized spacial score (nSPS) is 10.5. The summed E-state index contributed by atoms with van der Waals surface area (Å²) < 4.78 is 19.5. The zero-order chi connectivity index (χ0) is 28.1. The molecule has 0 bridgehead atoms. The van der Waals surface area contributed by atoms with Gasteiger partial charge in [0.05, 0.1) is 17.8 Å². The Labute approximate surface area is 225 Å². The van der Waals surface area contributed by atoms with Crippen molar-refractivity contribution in [1.82, 2.24) is 15.1 Å². The average molecular weight is 542 g/mol. The van der Waals surface area contributed by atoms with Crippen LogP contribution in [0.3, 0.4) is 0 Å². The molecule has 0 saturated carbocycles. The second kappa shape index (κ2) is 15.1. The third-order valence-corrected chi connectivity index (χ3v) is 5.36. The molecule has 200 valence electrons. The molecule has 0 spiro atoms. The van der Waals surface area contributed by atoms with Gasteiger partial charge in [-0.25, -0.2) is 14.2 Å². The van der Waals surface area contributed by atoms with E-state index < -0.39 is 11.8 Å². The molecule has 0 fully saturated rings. The van der Waals surface area contributed by atoms with Gasteiger partial charge in [0, 0.05) is 24.7 Å². The van der Waals surface area contributed by atoms with Gasteiger partial charge in [0.15, 0.2) is 6.29 Å². The number of nitrogens with one attached hydrogen (secondary N) is 1. The van der Waals surface area contributed by atoms with Crippen LogP contribution in [-0.2, 0) is 11.3 Å². The summed E-state index contributed by atoms with van der Waals surface area (Å²) >= 11 is 5.94. The van der Waals surface area contributed by atoms with Crippen LogP contribution in [0.5, 0.6) is 11.5 Å². The first-order chi connectivity index (χ1) is 18.3. The van der Waals surface area contributed by atoms with Crippen molar-refractivity contribution in [1.29, 1.82) is 0 Å². The van der Waals surface area contributed by atoms with Crippen molar-refractivity contribution in [3.05, 3.63) is 88.7 Å². The van der Waals surface area contributed by atoms with Crippen LogP contribution < -0.4 is 15.8 Å². The van der Waals surface area contributed by atoms with Crippen molar-refractivity contribution >= 4 is 42.0 Å². The van der Waals surface area contributed by atoms with E-state index in [1.54, 1.807) is 55.6 Å². The second-order valence-electron chi connectivity index (χ2n) is 7.64. The highest BCUT2D eigenvalue weighted by Crippen LogP contribution is 2.25. The van der Waals surface area contributed by atoms with E-state index in [1.807, 2.05) is 6.92 Å². The molecule has 0 aliphatic rings. The van der Waals surface area contributed by atoms with Gasteiger partial charge >= 0.3 is 6.03 Å². The van der Waals surface area contributed by atoms with E-state index in [4.69, 9.17) is 16.3 Å². The summed E-state index contributed by atoms with van der Waals surface area (Å²) in [4.78, 5) is 42.4. The van der Waals surface area contributed by atoms with E-state index >= 15 is 0 Å². The molecule has 9 nitrogen and oxygen atoms in total. The van der Waals surface area contributed by atoms with E-state index in [9.17, 15) is 18.8 Å². The van der Waals surface area contributed by atoms with E-state index in [0.717, 1.165) is 11.6 Å². The maximum absolute atomic E-state index is 13.8. The van der Waals surface area contributed by atoms with Gasteiger partial charge in [-0.05, 0) is 68.1 Å². The number of hydrogen-bond acceptors (Lipinski definition) is 6. The predicted octanol–water partition coefficient (Wildman–Crippen LogP) is 4.97. The number of ether oxygens (including phenoxy) is 1. The first-order valence-electron chi connectivity index (χ1n) is 11.5. The number of nitrogens with two attached hydrogens (primary N) is 1. The Morgan fingerprint density at radius 2 is 1.68 bits per heavy atom. The number of benzene rings is 3. The number of amides is 3. The third kappa shape index (κ3) is 8.68. The number of aldehydes is 1. The molecule has 3 aromatic rings. The van der Waals surface area contributed by atoms with Crippen molar-refractivity contribution in [2.45, 2.75) is 13.5 Å². The number of aliphatic imine (C=N–C) groups is 1. The van der Waals surface area contributed by atoms with Crippen molar-refractivity contribution in [2.75, 3.05) is 20.6 Å². The van der Waals surface area contributed by atoms with Crippen LogP contribution in [0.2, 0.25) is 5.02 Å². The molecule has 0 aliphatic heterocycles. The number of halogens is 2. The molecule has 0 aromatic heterocycles. The van der Waals surface area contributed by atoms with Gasteiger partial charge in [0.1, 0.15) is 17.3 Å². The van der Waals surface area contributed by atoms with Gasteiger partial charge in [-0.15, -0.1) is 0 Å². The van der Waals surface area contributed by atoms with Crippen LogP contribution in [0.15, 0.2) is 71.7 Å². The van der Waals surface area contributed by atoms with Gasteiger partial charge in [-0.3, -0.25) is 19.8 Å². The Hall–Kier alpha value is -4.28. The molecule has 0 unspecified atom stereocenters. The van der Waals surface area contributed by atoms with Crippen molar-refractivity contribution in [2.24, 2.45) is 10.7 Å². The zero-order valence-corrected chi connectivity index (χ0v) is 22.0. The minimum Gasteiger partial charge on any atom is -0.457 e. The van der Waals surface area contributed by atoms with Crippen LogP contribution in [-0.4, -0.2) is 55.1 Å². The number of nitrogens with zero attached hydrogens (tertiary/aromatic N) is 3. The highest BCUT2D eigenvalue weighted by molar-refractivity contribution is 6.30. The second-order valence-corrected chi connectivity index (χ2v) is 8.07. The summed E-state index contributed by atoms with van der Waals surface area (Å²) in [7, 11) is 3.12. The average Bonchev–Trinajstić information content (AvgIpc) is 2.94. The van der Waals surface area contributed by atoms with Crippen LogP contribution in [0, 0.1) is 5.82 Å². The Morgan fingerprint density at radius 1 is 1.05 bits per heavy atom. The van der Waals surface area contributed by atoms with E-state index in [1.165, 1.54) is 29.0 Å². The van der Waals surface area contributed by atoms with E-state index in [0.29, 0.717) is 35.7 Å². The van der Waals surface area contributed by atoms with Crippen LogP contribution in [0.25, 0.3) is 0 Å². The number of carbonyl (C=O) groups excluding carboxylic acids is 3. The topological polar surface area (TPSA) is 117 Å². The molecule has 3 amide bonds. The van der Waals surface area contributed by atoms with Gasteiger partial charge in [-0.1, -0.05) is 23.7 Å². The summed E-state index contributed by atoms with van der Waals surface area (Å²) in [6.07, 6.45) is 1.00.